The van der Waals surface area contributed by atoms with Crippen molar-refractivity contribution in [2.24, 2.45) is 0 Å². The highest BCUT2D eigenvalue weighted by Crippen LogP contribution is 2.28. The van der Waals surface area contributed by atoms with Gasteiger partial charge in [0.05, 0.1) is 24.2 Å². The highest BCUT2D eigenvalue weighted by molar-refractivity contribution is 6.17. The van der Waals surface area contributed by atoms with Crippen molar-refractivity contribution in [3.05, 3.63) is 167 Å². The zero-order valence-electron chi connectivity index (χ0n) is 22.8. The molecule has 0 aliphatic carbocycles. The van der Waals surface area contributed by atoms with Crippen LogP contribution in [0.1, 0.15) is 43.0 Å². The Morgan fingerprint density at radius 1 is 0.450 bits per heavy atom. The van der Waals surface area contributed by atoms with Gasteiger partial charge in [0.1, 0.15) is 0 Å². The van der Waals surface area contributed by atoms with Gasteiger partial charge in [0, 0.05) is 11.4 Å². The van der Waals surface area contributed by atoms with Crippen LogP contribution in [0.4, 0.5) is 11.4 Å². The molecule has 40 heavy (non-hydrogen) atoms. The van der Waals surface area contributed by atoms with Crippen LogP contribution >= 0.6 is 0 Å². The van der Waals surface area contributed by atoms with Gasteiger partial charge >= 0.3 is 0 Å². The summed E-state index contributed by atoms with van der Waals surface area (Å²) in [6, 6.07) is 42.7. The largest absolute Gasteiger partial charge is 0.304 e. The minimum Gasteiger partial charge on any atom is -0.304 e. The van der Waals surface area contributed by atoms with Crippen molar-refractivity contribution < 1.29 is 9.59 Å². The predicted molar refractivity (Wildman–Crippen MR) is 163 cm³/mol. The van der Waals surface area contributed by atoms with E-state index in [0.29, 0.717) is 24.2 Å². The number of hydrogen-bond donors (Lipinski definition) is 0. The predicted octanol–water partition coefficient (Wildman–Crippen LogP) is 8.00. The molecule has 0 bridgehead atoms. The molecule has 0 unspecified atom stereocenters. The molecule has 5 aromatic carbocycles. The molecule has 198 valence electrons. The van der Waals surface area contributed by atoms with Gasteiger partial charge in [0.15, 0.2) is 0 Å². The smallest absolute Gasteiger partial charge is 0.259 e. The summed E-state index contributed by atoms with van der Waals surface area (Å²) in [5, 5.41) is 0. The molecule has 0 radical (unpaired) electrons. The van der Waals surface area contributed by atoms with Crippen molar-refractivity contribution in [3.63, 3.8) is 0 Å². The fourth-order valence-electron chi connectivity index (χ4n) is 4.94. The Balaban J connectivity index is 1.58. The van der Waals surface area contributed by atoms with Crippen LogP contribution in [0.5, 0.6) is 0 Å². The number of rotatable bonds is 8. The first-order valence-electron chi connectivity index (χ1n) is 13.4. The molecule has 5 rings (SSSR count). The number of carbonyl (C=O) groups is 2. The van der Waals surface area contributed by atoms with Gasteiger partial charge in [-0.2, -0.15) is 0 Å². The molecular weight excluding hydrogens is 492 g/mol. The van der Waals surface area contributed by atoms with Gasteiger partial charge in [-0.25, -0.2) is 0 Å². The molecule has 0 aliphatic rings. The fraction of sp³-hybridized carbons (Fsp3) is 0.111. The number of para-hydroxylation sites is 2. The Kier molecular flexibility index (Phi) is 8.17. The standard InChI is InChI=1S/C36H32N2O2/c1-27-15-9-13-23-33(27)37(25-29-17-5-3-6-18-29)35(39)31-21-11-12-22-32(31)36(40)38(26-30-19-7-4-8-20-30)34-24-14-10-16-28(34)2/h3-24H,25-26H2,1-2H3. The van der Waals surface area contributed by atoms with E-state index in [1.807, 2.05) is 135 Å². The zero-order valence-corrected chi connectivity index (χ0v) is 22.8. The highest BCUT2D eigenvalue weighted by Gasteiger charge is 2.28. The summed E-state index contributed by atoms with van der Waals surface area (Å²) < 4.78 is 0. The summed E-state index contributed by atoms with van der Waals surface area (Å²) in [5.41, 5.74) is 6.37. The van der Waals surface area contributed by atoms with Crippen LogP contribution in [0, 0.1) is 13.8 Å². The molecule has 0 spiro atoms. The van der Waals surface area contributed by atoms with E-state index in [-0.39, 0.29) is 11.8 Å². The van der Waals surface area contributed by atoms with E-state index in [9.17, 15) is 9.59 Å². The van der Waals surface area contributed by atoms with Crippen LogP contribution in [0.3, 0.4) is 0 Å². The number of benzene rings is 5. The first kappa shape index (κ1) is 26.6. The van der Waals surface area contributed by atoms with E-state index < -0.39 is 0 Å². The van der Waals surface area contributed by atoms with Crippen LogP contribution < -0.4 is 9.80 Å². The molecule has 4 heteroatoms. The number of amides is 2. The third-order valence-electron chi connectivity index (χ3n) is 7.06. The zero-order chi connectivity index (χ0) is 27.9. The van der Waals surface area contributed by atoms with Gasteiger partial charge in [-0.15, -0.1) is 0 Å². The summed E-state index contributed by atoms with van der Waals surface area (Å²) >= 11 is 0. The van der Waals surface area contributed by atoms with Crippen LogP contribution in [0.2, 0.25) is 0 Å². The Hall–Kier alpha value is -4.96. The average Bonchev–Trinajstić information content (AvgIpc) is 3.00. The number of anilines is 2. The Bertz CT molecular complexity index is 1490. The normalized spacial score (nSPS) is 10.7. The molecule has 0 saturated heterocycles. The minimum absolute atomic E-state index is 0.216. The lowest BCUT2D eigenvalue weighted by atomic mass is 10.0. The number of hydrogen-bond acceptors (Lipinski definition) is 2. The van der Waals surface area contributed by atoms with Crippen molar-refractivity contribution in [2.45, 2.75) is 26.9 Å². The van der Waals surface area contributed by atoms with Crippen LogP contribution in [0.25, 0.3) is 0 Å². The van der Waals surface area contributed by atoms with Gasteiger partial charge in [0.2, 0.25) is 0 Å². The van der Waals surface area contributed by atoms with E-state index in [1.165, 1.54) is 0 Å². The highest BCUT2D eigenvalue weighted by atomic mass is 16.2. The fourth-order valence-corrected chi connectivity index (χ4v) is 4.94. The van der Waals surface area contributed by atoms with Crippen molar-refractivity contribution in [1.29, 1.82) is 0 Å². The number of nitrogens with zero attached hydrogens (tertiary/aromatic N) is 2. The quantitative estimate of drug-likeness (QED) is 0.206. The first-order chi connectivity index (χ1) is 19.5. The topological polar surface area (TPSA) is 40.6 Å². The maximum Gasteiger partial charge on any atom is 0.259 e. The molecule has 2 amide bonds. The lowest BCUT2D eigenvalue weighted by Crippen LogP contribution is -2.35. The van der Waals surface area contributed by atoms with Crippen molar-refractivity contribution >= 4 is 23.2 Å². The summed E-state index contributed by atoms with van der Waals surface area (Å²) in [5.74, 6) is -0.432. The monoisotopic (exact) mass is 524 g/mol. The molecule has 0 fully saturated rings. The Labute approximate surface area is 236 Å². The molecular formula is C36H32N2O2. The van der Waals surface area contributed by atoms with E-state index >= 15 is 0 Å². The lowest BCUT2D eigenvalue weighted by molar-refractivity contribution is 0.0952. The van der Waals surface area contributed by atoms with Gasteiger partial charge in [-0.05, 0) is 60.4 Å². The molecule has 4 nitrogen and oxygen atoms in total. The maximum atomic E-state index is 14.4. The summed E-state index contributed by atoms with van der Waals surface area (Å²) in [4.78, 5) is 32.3. The minimum atomic E-state index is -0.216. The molecule has 0 aliphatic heterocycles. The molecule has 0 heterocycles. The molecule has 0 atom stereocenters. The third kappa shape index (κ3) is 5.87. The van der Waals surface area contributed by atoms with E-state index in [2.05, 4.69) is 0 Å². The van der Waals surface area contributed by atoms with Gasteiger partial charge in [-0.1, -0.05) is 109 Å². The van der Waals surface area contributed by atoms with Crippen LogP contribution in [-0.4, -0.2) is 11.8 Å². The Morgan fingerprint density at radius 2 is 0.775 bits per heavy atom. The van der Waals surface area contributed by atoms with Crippen LogP contribution in [-0.2, 0) is 13.1 Å². The first-order valence-corrected chi connectivity index (χ1v) is 13.4. The van der Waals surface area contributed by atoms with Gasteiger partial charge in [-0.3, -0.25) is 9.59 Å². The number of aryl methyl sites for hydroxylation is 2. The van der Waals surface area contributed by atoms with E-state index in [1.54, 1.807) is 21.9 Å². The van der Waals surface area contributed by atoms with Gasteiger partial charge in [0.25, 0.3) is 11.8 Å². The number of carbonyl (C=O) groups excluding carboxylic acids is 2. The van der Waals surface area contributed by atoms with Crippen molar-refractivity contribution in [2.75, 3.05) is 9.80 Å². The molecule has 5 aromatic rings. The van der Waals surface area contributed by atoms with Crippen molar-refractivity contribution in [1.82, 2.24) is 0 Å². The summed E-state index contributed by atoms with van der Waals surface area (Å²) in [6.07, 6.45) is 0. The summed E-state index contributed by atoms with van der Waals surface area (Å²) in [6.45, 7) is 4.77. The lowest BCUT2D eigenvalue weighted by Gasteiger charge is -2.28. The Morgan fingerprint density at radius 3 is 1.15 bits per heavy atom. The second-order valence-electron chi connectivity index (χ2n) is 9.87. The second kappa shape index (κ2) is 12.3. The molecule has 0 aromatic heterocycles. The summed E-state index contributed by atoms with van der Waals surface area (Å²) in [7, 11) is 0. The van der Waals surface area contributed by atoms with Gasteiger partial charge < -0.3 is 9.80 Å². The van der Waals surface area contributed by atoms with Crippen molar-refractivity contribution in [3.8, 4) is 0 Å². The maximum absolute atomic E-state index is 14.4. The second-order valence-corrected chi connectivity index (χ2v) is 9.87. The third-order valence-corrected chi connectivity index (χ3v) is 7.06. The van der Waals surface area contributed by atoms with E-state index in [4.69, 9.17) is 0 Å². The molecule has 0 N–H and O–H groups in total. The van der Waals surface area contributed by atoms with Crippen LogP contribution in [0.15, 0.2) is 133 Å². The molecule has 0 saturated carbocycles. The SMILES string of the molecule is Cc1ccccc1N(Cc1ccccc1)C(=O)c1ccccc1C(=O)N(Cc1ccccc1)c1ccccc1C. The average molecular weight is 525 g/mol. The van der Waals surface area contributed by atoms with E-state index in [0.717, 1.165) is 33.6 Å².